The van der Waals surface area contributed by atoms with Crippen LogP contribution in [0.25, 0.3) is 0 Å². The summed E-state index contributed by atoms with van der Waals surface area (Å²) in [6.07, 6.45) is -4.38. The number of benzene rings is 2. The van der Waals surface area contributed by atoms with E-state index in [1.54, 1.807) is 6.07 Å². The molecule has 0 saturated heterocycles. The second-order valence-electron chi connectivity index (χ2n) is 4.49. The first-order valence-electron chi connectivity index (χ1n) is 6.17. The topological polar surface area (TPSA) is 35.2 Å². The molecule has 1 atom stereocenters. The van der Waals surface area contributed by atoms with Crippen LogP contribution in [0.5, 0.6) is 5.75 Å². The van der Waals surface area contributed by atoms with Crippen LogP contribution in [0, 0.1) is 5.82 Å². The highest BCUT2D eigenvalue weighted by Crippen LogP contribution is 2.30. The summed E-state index contributed by atoms with van der Waals surface area (Å²) in [6.45, 7) is 0.0365. The van der Waals surface area contributed by atoms with Crippen LogP contribution in [0.3, 0.4) is 0 Å². The third kappa shape index (κ3) is 4.19. The fourth-order valence-corrected chi connectivity index (χ4v) is 1.76. The van der Waals surface area contributed by atoms with Gasteiger partial charge in [-0.05, 0) is 42.0 Å². The Labute approximate surface area is 119 Å². The average Bonchev–Trinajstić information content (AvgIpc) is 2.44. The highest BCUT2D eigenvalue weighted by Gasteiger charge is 2.30. The Morgan fingerprint density at radius 2 is 1.71 bits per heavy atom. The first-order valence-corrected chi connectivity index (χ1v) is 6.17. The molecule has 0 bridgehead atoms. The molecule has 2 rings (SSSR count). The minimum absolute atomic E-state index is 0.0365. The van der Waals surface area contributed by atoms with Crippen molar-refractivity contribution in [3.05, 3.63) is 65.5 Å². The maximum atomic E-state index is 13.0. The fraction of sp³-hybridized carbons (Fsp3) is 0.200. The van der Waals surface area contributed by atoms with Crippen LogP contribution in [-0.2, 0) is 6.18 Å². The quantitative estimate of drug-likeness (QED) is 0.868. The summed E-state index contributed by atoms with van der Waals surface area (Å²) < 4.78 is 55.5. The number of ether oxygens (including phenoxy) is 1. The van der Waals surface area contributed by atoms with Crippen molar-refractivity contribution < 1.29 is 22.3 Å². The Bertz CT molecular complexity index is 595. The first-order chi connectivity index (χ1) is 9.86. The van der Waals surface area contributed by atoms with E-state index < -0.39 is 23.6 Å². The largest absolute Gasteiger partial charge is 0.492 e. The van der Waals surface area contributed by atoms with E-state index in [1.807, 2.05) is 0 Å². The third-order valence-corrected chi connectivity index (χ3v) is 2.89. The van der Waals surface area contributed by atoms with Crippen molar-refractivity contribution >= 4 is 0 Å². The summed E-state index contributed by atoms with van der Waals surface area (Å²) in [5.41, 5.74) is 5.65. The zero-order valence-electron chi connectivity index (χ0n) is 10.9. The number of alkyl halides is 3. The number of hydrogen-bond acceptors (Lipinski definition) is 2. The van der Waals surface area contributed by atoms with Gasteiger partial charge in [0.25, 0.3) is 0 Å². The first kappa shape index (κ1) is 15.3. The van der Waals surface area contributed by atoms with E-state index in [0.29, 0.717) is 5.56 Å². The summed E-state index contributed by atoms with van der Waals surface area (Å²) in [7, 11) is 0. The van der Waals surface area contributed by atoms with Crippen molar-refractivity contribution in [1.82, 2.24) is 0 Å². The number of halogens is 4. The van der Waals surface area contributed by atoms with E-state index >= 15 is 0 Å². The molecule has 0 saturated carbocycles. The molecular formula is C15H13F4NO. The molecule has 0 aliphatic rings. The lowest BCUT2D eigenvalue weighted by Crippen LogP contribution is -2.19. The van der Waals surface area contributed by atoms with E-state index in [0.717, 1.165) is 12.1 Å². The molecule has 21 heavy (non-hydrogen) atoms. The van der Waals surface area contributed by atoms with Gasteiger partial charge in [0, 0.05) is 0 Å². The Balaban J connectivity index is 1.97. The van der Waals surface area contributed by atoms with Crippen molar-refractivity contribution in [2.75, 3.05) is 6.61 Å². The van der Waals surface area contributed by atoms with Gasteiger partial charge in [-0.15, -0.1) is 0 Å². The molecule has 2 N–H and O–H groups in total. The molecule has 2 aromatic carbocycles. The molecule has 112 valence electrons. The maximum Gasteiger partial charge on any atom is 0.416 e. The van der Waals surface area contributed by atoms with Gasteiger partial charge in [-0.2, -0.15) is 13.2 Å². The van der Waals surface area contributed by atoms with Gasteiger partial charge in [0.1, 0.15) is 18.2 Å². The van der Waals surface area contributed by atoms with Gasteiger partial charge in [-0.25, -0.2) is 4.39 Å². The maximum absolute atomic E-state index is 13.0. The molecule has 0 radical (unpaired) electrons. The second-order valence-corrected chi connectivity index (χ2v) is 4.49. The molecule has 2 nitrogen and oxygen atoms in total. The van der Waals surface area contributed by atoms with Gasteiger partial charge in [0.15, 0.2) is 0 Å². The molecule has 0 heterocycles. The van der Waals surface area contributed by atoms with E-state index in [9.17, 15) is 17.6 Å². The molecule has 0 fully saturated rings. The zero-order valence-corrected chi connectivity index (χ0v) is 10.9. The lowest BCUT2D eigenvalue weighted by molar-refractivity contribution is -0.137. The highest BCUT2D eigenvalue weighted by molar-refractivity contribution is 5.29. The Morgan fingerprint density at radius 3 is 2.29 bits per heavy atom. The van der Waals surface area contributed by atoms with Crippen LogP contribution in [0.15, 0.2) is 48.5 Å². The predicted molar refractivity (Wildman–Crippen MR) is 70.3 cm³/mol. The lowest BCUT2D eigenvalue weighted by atomic mass is 10.1. The number of nitrogens with two attached hydrogens (primary N) is 1. The van der Waals surface area contributed by atoms with E-state index in [1.165, 1.54) is 30.3 Å². The number of hydrogen-bond donors (Lipinski definition) is 1. The predicted octanol–water partition coefficient (Wildman–Crippen LogP) is 3.92. The lowest BCUT2D eigenvalue weighted by Gasteiger charge is -2.14. The average molecular weight is 299 g/mol. The summed E-state index contributed by atoms with van der Waals surface area (Å²) in [4.78, 5) is 0. The van der Waals surface area contributed by atoms with E-state index in [4.69, 9.17) is 10.5 Å². The van der Waals surface area contributed by atoms with Crippen LogP contribution < -0.4 is 10.5 Å². The monoisotopic (exact) mass is 299 g/mol. The third-order valence-electron chi connectivity index (χ3n) is 2.89. The van der Waals surface area contributed by atoms with Gasteiger partial charge < -0.3 is 10.5 Å². The van der Waals surface area contributed by atoms with Crippen molar-refractivity contribution in [3.8, 4) is 5.75 Å². The summed E-state index contributed by atoms with van der Waals surface area (Å²) in [5.74, 6) is -0.132. The van der Waals surface area contributed by atoms with Crippen LogP contribution in [0.2, 0.25) is 0 Å². The Kier molecular flexibility index (Phi) is 4.47. The van der Waals surface area contributed by atoms with Gasteiger partial charge in [0.05, 0.1) is 11.6 Å². The molecular weight excluding hydrogens is 286 g/mol. The minimum atomic E-state index is -4.38. The SMILES string of the molecule is NC(COc1ccc(C(F)(F)F)cc1)c1cccc(F)c1. The molecule has 1 unspecified atom stereocenters. The molecule has 0 amide bonds. The molecule has 0 aliphatic heterocycles. The van der Waals surface area contributed by atoms with E-state index in [-0.39, 0.29) is 12.4 Å². The number of rotatable bonds is 4. The van der Waals surface area contributed by atoms with Crippen molar-refractivity contribution in [3.63, 3.8) is 0 Å². The molecule has 0 aliphatic carbocycles. The van der Waals surface area contributed by atoms with Crippen LogP contribution in [-0.4, -0.2) is 6.61 Å². The van der Waals surface area contributed by atoms with Gasteiger partial charge >= 0.3 is 6.18 Å². The summed E-state index contributed by atoms with van der Waals surface area (Å²) in [5, 5.41) is 0. The normalized spacial score (nSPS) is 13.0. The van der Waals surface area contributed by atoms with Gasteiger partial charge in [-0.1, -0.05) is 12.1 Å². The second kappa shape index (κ2) is 6.13. The summed E-state index contributed by atoms with van der Waals surface area (Å²) >= 11 is 0. The fourth-order valence-electron chi connectivity index (χ4n) is 1.76. The summed E-state index contributed by atoms with van der Waals surface area (Å²) in [6, 6.07) is 9.53. The van der Waals surface area contributed by atoms with Crippen LogP contribution >= 0.6 is 0 Å². The molecule has 6 heteroatoms. The smallest absolute Gasteiger partial charge is 0.416 e. The van der Waals surface area contributed by atoms with E-state index in [2.05, 4.69) is 0 Å². The Hall–Kier alpha value is -2.08. The van der Waals surface area contributed by atoms with Crippen molar-refractivity contribution in [2.45, 2.75) is 12.2 Å². The standard InChI is InChI=1S/C15H13F4NO/c16-12-3-1-2-10(8-12)14(20)9-21-13-6-4-11(5-7-13)15(17,18)19/h1-8,14H,9,20H2. The zero-order chi connectivity index (χ0) is 15.5. The Morgan fingerprint density at radius 1 is 1.05 bits per heavy atom. The molecule has 0 spiro atoms. The van der Waals surface area contributed by atoms with Crippen molar-refractivity contribution in [2.24, 2.45) is 5.73 Å². The van der Waals surface area contributed by atoms with Gasteiger partial charge in [-0.3, -0.25) is 0 Å². The molecule has 2 aromatic rings. The van der Waals surface area contributed by atoms with Crippen LogP contribution in [0.4, 0.5) is 17.6 Å². The minimum Gasteiger partial charge on any atom is -0.492 e. The van der Waals surface area contributed by atoms with Crippen LogP contribution in [0.1, 0.15) is 17.2 Å². The molecule has 0 aromatic heterocycles. The highest BCUT2D eigenvalue weighted by atomic mass is 19.4. The van der Waals surface area contributed by atoms with Gasteiger partial charge in [0.2, 0.25) is 0 Å². The van der Waals surface area contributed by atoms with Crippen molar-refractivity contribution in [1.29, 1.82) is 0 Å².